The number of nitrogens with two attached hydrogens (primary N) is 1. The number of benzene rings is 1. The van der Waals surface area contributed by atoms with Gasteiger partial charge in [-0.2, -0.15) is 8.62 Å². The third-order valence-corrected chi connectivity index (χ3v) is 9.56. The van der Waals surface area contributed by atoms with Crippen LogP contribution in [0.3, 0.4) is 0 Å². The first kappa shape index (κ1) is 32.1. The van der Waals surface area contributed by atoms with Gasteiger partial charge in [0.05, 0.1) is 19.0 Å². The monoisotopic (exact) mass is 654 g/mol. The van der Waals surface area contributed by atoms with Gasteiger partial charge in [0.25, 0.3) is 0 Å². The van der Waals surface area contributed by atoms with Crippen molar-refractivity contribution in [3.05, 3.63) is 42.5 Å². The number of aromatic hydroxyl groups is 1. The number of amides is 1. The molecule has 4 rings (SSSR count). The van der Waals surface area contributed by atoms with E-state index in [-0.39, 0.29) is 35.6 Å². The van der Waals surface area contributed by atoms with Crippen LogP contribution in [0.2, 0.25) is 0 Å². The third-order valence-electron chi connectivity index (χ3n) is 5.76. The van der Waals surface area contributed by atoms with E-state index in [9.17, 15) is 38.5 Å². The minimum absolute atomic E-state index is 0.0227. The van der Waals surface area contributed by atoms with Crippen LogP contribution >= 0.6 is 23.5 Å². The quantitative estimate of drug-likeness (QED) is 0.118. The van der Waals surface area contributed by atoms with Crippen molar-refractivity contribution in [2.45, 2.75) is 37.3 Å². The zero-order chi connectivity index (χ0) is 30.9. The number of nitrogens with zero attached hydrogens (tertiary/aromatic N) is 4. The fraction of sp³-hybridized carbons (Fsp3) is 0.368. The summed E-state index contributed by atoms with van der Waals surface area (Å²) in [6, 6.07) is 4.78. The van der Waals surface area contributed by atoms with Gasteiger partial charge in [-0.15, -0.1) is 0 Å². The first-order chi connectivity index (χ1) is 19.5. The van der Waals surface area contributed by atoms with Crippen molar-refractivity contribution in [3.8, 4) is 5.75 Å². The number of hydrogen-bond donors (Lipinski definition) is 8. The van der Waals surface area contributed by atoms with Crippen LogP contribution in [0, 0.1) is 0 Å². The van der Waals surface area contributed by atoms with Crippen LogP contribution < -0.4 is 11.1 Å². The Morgan fingerprint density at radius 3 is 2.40 bits per heavy atom. The lowest BCUT2D eigenvalue weighted by Gasteiger charge is -2.23. The largest absolute Gasteiger partial charge is 0.508 e. The predicted molar refractivity (Wildman–Crippen MR) is 138 cm³/mol. The van der Waals surface area contributed by atoms with Gasteiger partial charge in [-0.1, -0.05) is 12.1 Å². The predicted octanol–water partition coefficient (Wildman–Crippen LogP) is -0.167. The number of carbonyl (C=O) groups excluding carboxylic acids is 1. The molecule has 3 aromatic rings. The molecule has 230 valence electrons. The van der Waals surface area contributed by atoms with Gasteiger partial charge in [0.1, 0.15) is 29.8 Å². The molecule has 1 aromatic carbocycles. The molecular formula is C19H25N6O14P3. The van der Waals surface area contributed by atoms with E-state index in [2.05, 4.69) is 33.4 Å². The summed E-state index contributed by atoms with van der Waals surface area (Å²) >= 11 is 0. The molecule has 2 unspecified atom stereocenters. The van der Waals surface area contributed by atoms with E-state index in [1.54, 1.807) is 12.1 Å². The topological polar surface area (TPSA) is 308 Å². The number of hydrogen-bond acceptors (Lipinski definition) is 14. The first-order valence-electron chi connectivity index (χ1n) is 11.7. The average Bonchev–Trinajstić information content (AvgIpc) is 3.42. The molecule has 20 nitrogen and oxygen atoms in total. The molecule has 0 saturated carbocycles. The lowest BCUT2D eigenvalue weighted by atomic mass is 10.1. The number of anilines is 1. The van der Waals surface area contributed by atoms with Crippen molar-refractivity contribution in [1.29, 1.82) is 0 Å². The van der Waals surface area contributed by atoms with Crippen molar-refractivity contribution >= 4 is 46.4 Å². The Kier molecular flexibility index (Phi) is 9.49. The molecule has 23 heteroatoms. The van der Waals surface area contributed by atoms with Crippen molar-refractivity contribution in [2.24, 2.45) is 0 Å². The highest BCUT2D eigenvalue weighted by Crippen LogP contribution is 2.66. The van der Waals surface area contributed by atoms with E-state index in [4.69, 9.17) is 20.3 Å². The molecule has 1 aliphatic heterocycles. The normalized spacial score (nSPS) is 23.8. The Hall–Kier alpha value is -2.83. The Labute approximate surface area is 235 Å². The number of ether oxygens (including phenoxy) is 1. The van der Waals surface area contributed by atoms with E-state index in [1.807, 2.05) is 0 Å². The molecule has 9 N–H and O–H groups in total. The third kappa shape index (κ3) is 8.17. The van der Waals surface area contributed by atoms with Crippen LogP contribution in [-0.2, 0) is 42.8 Å². The lowest BCUT2D eigenvalue weighted by Crippen LogP contribution is -2.48. The van der Waals surface area contributed by atoms with E-state index in [0.29, 0.717) is 0 Å². The van der Waals surface area contributed by atoms with Gasteiger partial charge >= 0.3 is 23.5 Å². The number of phenolic OH excluding ortho intramolecular Hbond substituents is 1. The molecule has 6 atom stereocenters. The summed E-state index contributed by atoms with van der Waals surface area (Å²) in [6.07, 6.45) is -1.77. The Morgan fingerprint density at radius 1 is 1.05 bits per heavy atom. The molecule has 1 saturated heterocycles. The molecule has 0 bridgehead atoms. The first-order valence-corrected chi connectivity index (χ1v) is 16.2. The molecule has 2 aromatic heterocycles. The number of rotatable bonds is 12. The highest BCUT2D eigenvalue weighted by Gasteiger charge is 2.48. The summed E-state index contributed by atoms with van der Waals surface area (Å²) in [5, 5.41) is 23.1. The van der Waals surface area contributed by atoms with Crippen molar-refractivity contribution in [3.63, 3.8) is 0 Å². The summed E-state index contributed by atoms with van der Waals surface area (Å²) in [7, 11) is -16.9. The molecule has 1 amide bonds. The fourth-order valence-corrected chi connectivity index (χ4v) is 7.03. The van der Waals surface area contributed by atoms with Gasteiger partial charge in [0.15, 0.2) is 17.7 Å². The molecule has 3 heterocycles. The number of phenols is 1. The molecule has 0 spiro atoms. The van der Waals surface area contributed by atoms with E-state index in [1.165, 1.54) is 23.0 Å². The van der Waals surface area contributed by atoms with E-state index in [0.717, 1.165) is 11.9 Å². The molecular weight excluding hydrogens is 629 g/mol. The van der Waals surface area contributed by atoms with Crippen molar-refractivity contribution < 1.29 is 66.2 Å². The smallest absolute Gasteiger partial charge is 0.490 e. The maximum Gasteiger partial charge on any atom is 0.490 e. The highest BCUT2D eigenvalue weighted by molar-refractivity contribution is 7.66. The second kappa shape index (κ2) is 12.4. The number of phosphoric acid groups is 3. The van der Waals surface area contributed by atoms with Gasteiger partial charge in [0, 0.05) is 6.42 Å². The second-order valence-electron chi connectivity index (χ2n) is 8.79. The van der Waals surface area contributed by atoms with E-state index >= 15 is 0 Å². The van der Waals surface area contributed by atoms with Gasteiger partial charge in [0.2, 0.25) is 5.91 Å². The Bertz CT molecular complexity index is 1580. The van der Waals surface area contributed by atoms with Crippen molar-refractivity contribution in [1.82, 2.24) is 24.8 Å². The van der Waals surface area contributed by atoms with Crippen LogP contribution in [0.25, 0.3) is 11.2 Å². The second-order valence-corrected chi connectivity index (χ2v) is 13.2. The Morgan fingerprint density at radius 2 is 1.74 bits per heavy atom. The number of nitrogens with one attached hydrogen (secondary N) is 1. The summed E-state index contributed by atoms with van der Waals surface area (Å²) in [6.45, 7) is -0.954. The number of aromatic nitrogens is 4. The maximum absolute atomic E-state index is 12.8. The van der Waals surface area contributed by atoms with Crippen LogP contribution in [0.1, 0.15) is 18.2 Å². The number of carbonyl (C=O) groups is 1. The number of imidazole rings is 1. The van der Waals surface area contributed by atoms with Crippen LogP contribution in [-0.4, -0.2) is 80.1 Å². The Balaban J connectivity index is 1.51. The molecule has 1 fully saturated rings. The zero-order valence-electron chi connectivity index (χ0n) is 21.1. The fourth-order valence-electron chi connectivity index (χ4n) is 4.00. The molecule has 42 heavy (non-hydrogen) atoms. The van der Waals surface area contributed by atoms with Gasteiger partial charge in [-0.3, -0.25) is 13.9 Å². The zero-order valence-corrected chi connectivity index (χ0v) is 23.7. The minimum atomic E-state index is -5.79. The van der Waals surface area contributed by atoms with Crippen LogP contribution in [0.4, 0.5) is 5.82 Å². The van der Waals surface area contributed by atoms with Crippen LogP contribution in [0.15, 0.2) is 36.9 Å². The molecule has 0 radical (unpaired) electrons. The van der Waals surface area contributed by atoms with Gasteiger partial charge < -0.3 is 45.6 Å². The molecule has 1 aliphatic rings. The highest BCUT2D eigenvalue weighted by atomic mass is 31.3. The van der Waals surface area contributed by atoms with Gasteiger partial charge in [-0.25, -0.2) is 28.6 Å². The lowest BCUT2D eigenvalue weighted by molar-refractivity contribution is -0.122. The van der Waals surface area contributed by atoms with Crippen LogP contribution in [0.5, 0.6) is 5.75 Å². The standard InChI is InChI=1S/C19H25N6O14P3/c20-17-15-18(22-8-21-17)25(9-23-15)19-16(28)14(24-13(27)6-3-10-1-4-11(26)5-2-10)12(37-19)7-36-41(32,33)39-42(34,35)38-40(29,30)31/h1-2,4-5,8-9,12,14,16,19,26,28H,3,6-7H2,(H,24,27)(H,32,33)(H,34,35)(H2,20,21,22)(H2,29,30,31)/t12-,14-,16-,19-/m1/s1. The SMILES string of the molecule is Nc1ncnc2c1ncn2[C@@H]1O[C@H](COP(=O)(O)OP(=O)(O)OP(=O)(O)O)[C@@H](NC(=O)CCc2ccc(O)cc2)[C@H]1O. The van der Waals surface area contributed by atoms with E-state index < -0.39 is 60.5 Å². The minimum Gasteiger partial charge on any atom is -0.508 e. The van der Waals surface area contributed by atoms with Crippen molar-refractivity contribution in [2.75, 3.05) is 12.3 Å². The molecule has 0 aliphatic carbocycles. The number of aryl methyl sites for hydroxylation is 1. The number of aliphatic hydroxyl groups is 1. The summed E-state index contributed by atoms with van der Waals surface area (Å²) < 4.78 is 53.9. The summed E-state index contributed by atoms with van der Waals surface area (Å²) in [5.41, 5.74) is 6.82. The summed E-state index contributed by atoms with van der Waals surface area (Å²) in [4.78, 5) is 61.4. The number of fused-ring (bicyclic) bond motifs is 1. The number of nitrogen functional groups attached to an aromatic ring is 1. The summed E-state index contributed by atoms with van der Waals surface area (Å²) in [5.74, 6) is -0.519. The number of phosphoric ester groups is 1. The maximum atomic E-state index is 12.8. The number of aliphatic hydroxyl groups excluding tert-OH is 1. The average molecular weight is 654 g/mol. The van der Waals surface area contributed by atoms with Gasteiger partial charge in [-0.05, 0) is 24.1 Å².